The molecule has 0 N–H and O–H groups in total. The van der Waals surface area contributed by atoms with Gasteiger partial charge in [0.05, 0.1) is 13.2 Å². The molecule has 0 atom stereocenters. The average molecular weight is 263 g/mol. The van der Waals surface area contributed by atoms with E-state index in [4.69, 9.17) is 9.47 Å². The minimum Gasteiger partial charge on any atom is -0.493 e. The molecular weight excluding hydrogens is 242 g/mol. The van der Waals surface area contributed by atoms with Crippen molar-refractivity contribution in [1.29, 1.82) is 0 Å². The van der Waals surface area contributed by atoms with Crippen molar-refractivity contribution in [3.8, 4) is 5.75 Å². The van der Waals surface area contributed by atoms with Crippen LogP contribution in [0, 0.1) is 5.92 Å². The molecule has 0 saturated carbocycles. The van der Waals surface area contributed by atoms with Gasteiger partial charge in [0.15, 0.2) is 0 Å². The molecule has 1 aliphatic heterocycles. The van der Waals surface area contributed by atoms with E-state index in [0.717, 1.165) is 38.3 Å². The molecule has 19 heavy (non-hydrogen) atoms. The van der Waals surface area contributed by atoms with Crippen LogP contribution < -0.4 is 4.74 Å². The van der Waals surface area contributed by atoms with Gasteiger partial charge in [-0.1, -0.05) is 18.2 Å². The van der Waals surface area contributed by atoms with Gasteiger partial charge in [-0.2, -0.15) is 0 Å². The highest BCUT2D eigenvalue weighted by atomic mass is 16.6. The second kappa shape index (κ2) is 7.02. The van der Waals surface area contributed by atoms with E-state index in [9.17, 15) is 4.79 Å². The van der Waals surface area contributed by atoms with Crippen LogP contribution in [0.5, 0.6) is 5.75 Å². The quantitative estimate of drug-likeness (QED) is 0.838. The normalized spacial score (nSPS) is 16.2. The van der Waals surface area contributed by atoms with Gasteiger partial charge in [-0.15, -0.1) is 0 Å². The monoisotopic (exact) mass is 263 g/mol. The van der Waals surface area contributed by atoms with Gasteiger partial charge in [-0.3, -0.25) is 0 Å². The summed E-state index contributed by atoms with van der Waals surface area (Å²) in [5, 5.41) is 0. The van der Waals surface area contributed by atoms with E-state index in [-0.39, 0.29) is 6.09 Å². The first-order valence-electron chi connectivity index (χ1n) is 6.89. The number of rotatable bonds is 4. The predicted octanol–water partition coefficient (Wildman–Crippen LogP) is 2.93. The van der Waals surface area contributed by atoms with Crippen LogP contribution in [0.4, 0.5) is 4.79 Å². The van der Waals surface area contributed by atoms with Crippen molar-refractivity contribution in [3.63, 3.8) is 0 Å². The van der Waals surface area contributed by atoms with Crippen molar-refractivity contribution in [2.75, 3.05) is 26.3 Å². The molecule has 0 bridgehead atoms. The highest BCUT2D eigenvalue weighted by molar-refractivity contribution is 5.67. The zero-order chi connectivity index (χ0) is 13.5. The zero-order valence-corrected chi connectivity index (χ0v) is 11.4. The molecule has 2 rings (SSSR count). The molecule has 0 unspecified atom stereocenters. The SMILES string of the molecule is CCOC(=O)N1CCC(COc2ccccc2)CC1. The standard InChI is InChI=1S/C15H21NO3/c1-2-18-15(17)16-10-8-13(9-11-16)12-19-14-6-4-3-5-7-14/h3-7,13H,2,8-12H2,1H3. The molecule has 1 fully saturated rings. The molecule has 1 aromatic rings. The van der Waals surface area contributed by atoms with Crippen LogP contribution in [-0.2, 0) is 4.74 Å². The number of likely N-dealkylation sites (tertiary alicyclic amines) is 1. The topological polar surface area (TPSA) is 38.8 Å². The lowest BCUT2D eigenvalue weighted by Crippen LogP contribution is -2.40. The molecule has 4 heteroatoms. The Bertz CT molecular complexity index is 386. The predicted molar refractivity (Wildman–Crippen MR) is 73.3 cm³/mol. The third-order valence-electron chi connectivity index (χ3n) is 3.37. The fourth-order valence-corrected chi connectivity index (χ4v) is 2.23. The van der Waals surface area contributed by atoms with Crippen LogP contribution >= 0.6 is 0 Å². The molecular formula is C15H21NO3. The average Bonchev–Trinajstić information content (AvgIpc) is 2.47. The first-order valence-corrected chi connectivity index (χ1v) is 6.89. The molecule has 0 aromatic heterocycles. The molecule has 1 aromatic carbocycles. The largest absolute Gasteiger partial charge is 0.493 e. The number of piperidine rings is 1. The van der Waals surface area contributed by atoms with E-state index in [1.54, 1.807) is 4.90 Å². The van der Waals surface area contributed by atoms with Gasteiger partial charge in [-0.25, -0.2) is 4.79 Å². The second-order valence-corrected chi connectivity index (χ2v) is 4.75. The van der Waals surface area contributed by atoms with E-state index in [1.807, 2.05) is 37.3 Å². The van der Waals surface area contributed by atoms with Gasteiger partial charge < -0.3 is 14.4 Å². The Labute approximate surface area is 114 Å². The van der Waals surface area contributed by atoms with Crippen LogP contribution in [0.25, 0.3) is 0 Å². The van der Waals surface area contributed by atoms with E-state index < -0.39 is 0 Å². The minimum absolute atomic E-state index is 0.190. The number of hydrogen-bond donors (Lipinski definition) is 0. The van der Waals surface area contributed by atoms with Crippen molar-refractivity contribution < 1.29 is 14.3 Å². The van der Waals surface area contributed by atoms with E-state index >= 15 is 0 Å². The van der Waals surface area contributed by atoms with Crippen molar-refractivity contribution in [2.45, 2.75) is 19.8 Å². The zero-order valence-electron chi connectivity index (χ0n) is 11.4. The maximum Gasteiger partial charge on any atom is 0.409 e. The summed E-state index contributed by atoms with van der Waals surface area (Å²) in [5.74, 6) is 1.43. The van der Waals surface area contributed by atoms with Crippen LogP contribution in [0.2, 0.25) is 0 Å². The van der Waals surface area contributed by atoms with Gasteiger partial charge >= 0.3 is 6.09 Å². The summed E-state index contributed by atoms with van der Waals surface area (Å²) in [6, 6.07) is 9.85. The Hall–Kier alpha value is -1.71. The number of carbonyl (C=O) groups excluding carboxylic acids is 1. The van der Waals surface area contributed by atoms with Crippen molar-refractivity contribution in [3.05, 3.63) is 30.3 Å². The Morgan fingerprint density at radius 2 is 1.95 bits per heavy atom. The van der Waals surface area contributed by atoms with Crippen molar-refractivity contribution in [2.24, 2.45) is 5.92 Å². The Balaban J connectivity index is 1.70. The Morgan fingerprint density at radius 3 is 2.58 bits per heavy atom. The molecule has 0 radical (unpaired) electrons. The first-order chi connectivity index (χ1) is 9.29. The lowest BCUT2D eigenvalue weighted by Gasteiger charge is -2.31. The summed E-state index contributed by atoms with van der Waals surface area (Å²) in [6.07, 6.45) is 1.77. The van der Waals surface area contributed by atoms with Crippen molar-refractivity contribution in [1.82, 2.24) is 4.90 Å². The lowest BCUT2D eigenvalue weighted by atomic mass is 9.98. The van der Waals surface area contributed by atoms with Gasteiger partial charge in [0.1, 0.15) is 5.75 Å². The van der Waals surface area contributed by atoms with E-state index in [1.165, 1.54) is 0 Å². The second-order valence-electron chi connectivity index (χ2n) is 4.75. The molecule has 0 aliphatic carbocycles. The summed E-state index contributed by atoms with van der Waals surface area (Å²) < 4.78 is 10.8. The molecule has 0 spiro atoms. The summed E-state index contributed by atoms with van der Waals surface area (Å²) in [4.78, 5) is 13.3. The Morgan fingerprint density at radius 1 is 1.26 bits per heavy atom. The Kier molecular flexibility index (Phi) is 5.07. The maximum absolute atomic E-state index is 11.6. The van der Waals surface area contributed by atoms with Crippen LogP contribution in [-0.4, -0.2) is 37.3 Å². The molecule has 1 amide bonds. The lowest BCUT2D eigenvalue weighted by molar-refractivity contribution is 0.0845. The number of ether oxygens (including phenoxy) is 2. The third-order valence-corrected chi connectivity index (χ3v) is 3.37. The highest BCUT2D eigenvalue weighted by Gasteiger charge is 2.23. The summed E-state index contributed by atoms with van der Waals surface area (Å²) in [6.45, 7) is 4.53. The first kappa shape index (κ1) is 13.7. The number of amides is 1. The van der Waals surface area contributed by atoms with Crippen LogP contribution in [0.15, 0.2) is 30.3 Å². The molecule has 1 saturated heterocycles. The van der Waals surface area contributed by atoms with Gasteiger partial charge in [0, 0.05) is 13.1 Å². The van der Waals surface area contributed by atoms with E-state index in [0.29, 0.717) is 12.5 Å². The summed E-state index contributed by atoms with van der Waals surface area (Å²) in [5.41, 5.74) is 0. The van der Waals surface area contributed by atoms with Gasteiger partial charge in [-0.05, 0) is 37.8 Å². The summed E-state index contributed by atoms with van der Waals surface area (Å²) in [7, 11) is 0. The minimum atomic E-state index is -0.190. The molecule has 104 valence electrons. The maximum atomic E-state index is 11.6. The number of nitrogens with zero attached hydrogens (tertiary/aromatic N) is 1. The summed E-state index contributed by atoms with van der Waals surface area (Å²) >= 11 is 0. The van der Waals surface area contributed by atoms with Gasteiger partial charge in [0.25, 0.3) is 0 Å². The van der Waals surface area contributed by atoms with Crippen LogP contribution in [0.3, 0.4) is 0 Å². The molecule has 4 nitrogen and oxygen atoms in total. The van der Waals surface area contributed by atoms with Crippen molar-refractivity contribution >= 4 is 6.09 Å². The fourth-order valence-electron chi connectivity index (χ4n) is 2.23. The molecule has 1 aliphatic rings. The smallest absolute Gasteiger partial charge is 0.409 e. The molecule has 1 heterocycles. The number of para-hydroxylation sites is 1. The number of hydrogen-bond acceptors (Lipinski definition) is 3. The third kappa shape index (κ3) is 4.16. The number of carbonyl (C=O) groups is 1. The van der Waals surface area contributed by atoms with E-state index in [2.05, 4.69) is 0 Å². The highest BCUT2D eigenvalue weighted by Crippen LogP contribution is 2.19. The fraction of sp³-hybridized carbons (Fsp3) is 0.533. The van der Waals surface area contributed by atoms with Gasteiger partial charge in [0.2, 0.25) is 0 Å². The number of benzene rings is 1. The van der Waals surface area contributed by atoms with Crippen LogP contribution in [0.1, 0.15) is 19.8 Å².